The smallest absolute Gasteiger partial charge is 0.362 e. The van der Waals surface area contributed by atoms with Gasteiger partial charge in [-0.25, -0.2) is 0 Å². The van der Waals surface area contributed by atoms with Crippen LogP contribution >= 0.6 is 0 Å². The van der Waals surface area contributed by atoms with Crippen LogP contribution in [0.25, 0.3) is 0 Å². The molecule has 0 rings (SSSR count). The lowest BCUT2D eigenvalue weighted by Crippen LogP contribution is -2.30. The van der Waals surface area contributed by atoms with Gasteiger partial charge in [-0.1, -0.05) is 0 Å². The zero-order valence-corrected chi connectivity index (χ0v) is 4.57. The molecule has 0 fully saturated rings. The van der Waals surface area contributed by atoms with Crippen LogP contribution in [0, 0.1) is 11.1 Å². The lowest BCUT2D eigenvalue weighted by molar-refractivity contribution is -0.169. The van der Waals surface area contributed by atoms with Crippen molar-refractivity contribution in [3.8, 4) is 0 Å². The summed E-state index contributed by atoms with van der Waals surface area (Å²) < 4.78 is 32.1. The van der Waals surface area contributed by atoms with E-state index in [1.807, 2.05) is 4.91 Å². The maximum absolute atomic E-state index is 10.7. The van der Waals surface area contributed by atoms with Crippen molar-refractivity contribution in [2.75, 3.05) is 0 Å². The highest BCUT2D eigenvalue weighted by Gasteiger charge is 2.35. The normalized spacial score (nSPS) is 8.70. The molecule has 0 aliphatic carbocycles. The maximum atomic E-state index is 10.7. The Hall–Kier alpha value is -1.43. The fourth-order valence-electron chi connectivity index (χ4n) is 0. The molecule has 8 heteroatoms. The highest BCUT2D eigenvalue weighted by Crippen LogP contribution is 2.11. The SMILES string of the molecule is N=[N+]=N.NC(=O)C(F)(F)F. The molecule has 0 saturated heterocycles. The Morgan fingerprint density at radius 1 is 1.40 bits per heavy atom. The molecule has 0 saturated carbocycles. The molecule has 0 radical (unpaired) electrons. The minimum Gasteiger partial charge on any atom is -0.362 e. The number of halogens is 3. The molecule has 0 bridgehead atoms. The van der Waals surface area contributed by atoms with Gasteiger partial charge in [0.05, 0.1) is 0 Å². The van der Waals surface area contributed by atoms with Crippen LogP contribution in [0.1, 0.15) is 0 Å². The van der Waals surface area contributed by atoms with Crippen molar-refractivity contribution in [1.29, 1.82) is 11.1 Å². The number of carbonyl (C=O) groups is 1. The fraction of sp³-hybridized carbons (Fsp3) is 0.500. The first-order valence-corrected chi connectivity index (χ1v) is 1.76. The predicted molar refractivity (Wildman–Crippen MR) is 22.8 cm³/mol. The molecule has 0 aromatic rings. The zero-order valence-electron chi connectivity index (χ0n) is 4.57. The highest BCUT2D eigenvalue weighted by molar-refractivity contribution is 5.79. The summed E-state index contributed by atoms with van der Waals surface area (Å²) in [6, 6.07) is 0. The van der Waals surface area contributed by atoms with E-state index in [4.69, 9.17) is 15.9 Å². The summed E-state index contributed by atoms with van der Waals surface area (Å²) in [7, 11) is 0. The van der Waals surface area contributed by atoms with Gasteiger partial charge in [0.2, 0.25) is 4.91 Å². The molecular weight excluding hydrogens is 153 g/mol. The van der Waals surface area contributed by atoms with E-state index in [0.717, 1.165) is 0 Å². The molecule has 0 unspecified atom stereocenters. The number of nitrogens with two attached hydrogens (primary N) is 1. The summed E-state index contributed by atoms with van der Waals surface area (Å²) in [5.74, 6) is -2.26. The summed E-state index contributed by atoms with van der Waals surface area (Å²) >= 11 is 0. The van der Waals surface area contributed by atoms with Crippen molar-refractivity contribution >= 4 is 5.91 Å². The van der Waals surface area contributed by atoms with E-state index in [2.05, 4.69) is 5.73 Å². The number of hydrogen-bond donors (Lipinski definition) is 3. The second-order valence-electron chi connectivity index (χ2n) is 0.974. The Bertz CT molecular complexity index is 145. The van der Waals surface area contributed by atoms with Crippen molar-refractivity contribution in [1.82, 2.24) is 4.91 Å². The second kappa shape index (κ2) is 4.45. The maximum Gasteiger partial charge on any atom is 0.470 e. The predicted octanol–water partition coefficient (Wildman–Crippen LogP) is 0.150. The van der Waals surface area contributed by atoms with Gasteiger partial charge in [0.1, 0.15) is 11.1 Å². The molecule has 10 heavy (non-hydrogen) atoms. The third-order valence-corrected chi connectivity index (χ3v) is 0.279. The summed E-state index contributed by atoms with van der Waals surface area (Å²) in [6.07, 6.45) is -4.86. The quantitative estimate of drug-likeness (QED) is 0.338. The molecule has 0 atom stereocenters. The van der Waals surface area contributed by atoms with E-state index >= 15 is 0 Å². The first-order chi connectivity index (χ1) is 4.36. The van der Waals surface area contributed by atoms with Gasteiger partial charge in [0.25, 0.3) is 0 Å². The van der Waals surface area contributed by atoms with Crippen LogP contribution in [0.5, 0.6) is 0 Å². The number of nitrogens with zero attached hydrogens (tertiary/aromatic N) is 1. The van der Waals surface area contributed by atoms with Crippen LogP contribution in [0.3, 0.4) is 0 Å². The highest BCUT2D eigenvalue weighted by atomic mass is 19.4. The number of hydrogen-bond acceptors (Lipinski definition) is 3. The number of amides is 1. The van der Waals surface area contributed by atoms with E-state index in [-0.39, 0.29) is 0 Å². The Morgan fingerprint density at radius 3 is 1.50 bits per heavy atom. The first-order valence-electron chi connectivity index (χ1n) is 1.76. The topological polar surface area (TPSA) is 105 Å². The van der Waals surface area contributed by atoms with Crippen LogP contribution in [0.15, 0.2) is 0 Å². The van der Waals surface area contributed by atoms with Gasteiger partial charge >= 0.3 is 12.1 Å². The molecule has 0 spiro atoms. The van der Waals surface area contributed by atoms with E-state index < -0.39 is 12.1 Å². The van der Waals surface area contributed by atoms with Crippen molar-refractivity contribution in [2.45, 2.75) is 6.18 Å². The number of rotatable bonds is 0. The van der Waals surface area contributed by atoms with E-state index in [9.17, 15) is 13.2 Å². The standard InChI is InChI=1S/C2H2F3NO.H2N3/c3-2(4,5)1(6)7;1-3-2/h(H2,6,7);1-2H/q;+1. The molecule has 58 valence electrons. The molecule has 0 heterocycles. The number of carbonyl (C=O) groups excluding carboxylic acids is 1. The summed E-state index contributed by atoms with van der Waals surface area (Å²) in [4.78, 5) is 11.1. The average molecular weight is 157 g/mol. The summed E-state index contributed by atoms with van der Waals surface area (Å²) in [5.41, 5.74) is 14.8. The van der Waals surface area contributed by atoms with E-state index in [1.165, 1.54) is 0 Å². The lowest BCUT2D eigenvalue weighted by atomic mass is 10.6. The van der Waals surface area contributed by atoms with Crippen molar-refractivity contribution in [2.24, 2.45) is 5.73 Å². The molecular formula is C2H4F3N4O+. The van der Waals surface area contributed by atoms with Gasteiger partial charge in [0, 0.05) is 0 Å². The Balaban J connectivity index is 0. The monoisotopic (exact) mass is 157 g/mol. The van der Waals surface area contributed by atoms with Crippen LogP contribution in [0.4, 0.5) is 13.2 Å². The minimum absolute atomic E-state index is 2.00. The van der Waals surface area contributed by atoms with Crippen molar-refractivity contribution < 1.29 is 18.0 Å². The molecule has 0 aliphatic rings. The molecule has 1 amide bonds. The molecule has 0 aromatic heterocycles. The molecule has 5 nitrogen and oxygen atoms in total. The Labute approximate surface area is 53.0 Å². The van der Waals surface area contributed by atoms with Crippen molar-refractivity contribution in [3.05, 3.63) is 0 Å². The summed E-state index contributed by atoms with van der Waals surface area (Å²) in [5, 5.41) is 0. The van der Waals surface area contributed by atoms with Gasteiger partial charge in [-0.3, -0.25) is 4.79 Å². The van der Waals surface area contributed by atoms with Crippen LogP contribution in [-0.2, 0) is 4.79 Å². The lowest BCUT2D eigenvalue weighted by Gasteiger charge is -1.95. The van der Waals surface area contributed by atoms with Crippen LogP contribution in [-0.4, -0.2) is 12.1 Å². The third kappa shape index (κ3) is 9.76. The van der Waals surface area contributed by atoms with Gasteiger partial charge in [-0.15, -0.1) is 0 Å². The van der Waals surface area contributed by atoms with Gasteiger partial charge in [-0.2, -0.15) is 13.2 Å². The van der Waals surface area contributed by atoms with Crippen LogP contribution in [0.2, 0.25) is 0 Å². The van der Waals surface area contributed by atoms with Crippen LogP contribution < -0.4 is 10.6 Å². The third-order valence-electron chi connectivity index (χ3n) is 0.279. The number of alkyl halides is 3. The molecule has 0 aromatic carbocycles. The Morgan fingerprint density at radius 2 is 1.50 bits per heavy atom. The average Bonchev–Trinajstić information content (AvgIpc) is 1.64. The first kappa shape index (κ1) is 11.4. The van der Waals surface area contributed by atoms with Crippen molar-refractivity contribution in [3.63, 3.8) is 0 Å². The van der Waals surface area contributed by atoms with E-state index in [1.54, 1.807) is 0 Å². The zero-order chi connectivity index (χ0) is 8.78. The number of primary amides is 1. The molecule has 0 aliphatic heterocycles. The van der Waals surface area contributed by atoms with Gasteiger partial charge in [-0.05, 0) is 0 Å². The summed E-state index contributed by atoms with van der Waals surface area (Å²) in [6.45, 7) is 0. The van der Waals surface area contributed by atoms with Gasteiger partial charge < -0.3 is 5.73 Å². The number of nitrogens with one attached hydrogen (secondary N) is 2. The molecule has 4 N–H and O–H groups in total. The Kier molecular flexibility index (Phi) is 5.06. The second-order valence-corrected chi connectivity index (χ2v) is 0.974. The largest absolute Gasteiger partial charge is 0.470 e. The van der Waals surface area contributed by atoms with Gasteiger partial charge in [0.15, 0.2) is 0 Å². The minimum atomic E-state index is -4.86. The van der Waals surface area contributed by atoms with E-state index in [0.29, 0.717) is 0 Å². The fourth-order valence-corrected chi connectivity index (χ4v) is 0.